The molecule has 0 amide bonds. The van der Waals surface area contributed by atoms with Crippen molar-refractivity contribution >= 4 is 32.7 Å². The van der Waals surface area contributed by atoms with Crippen molar-refractivity contribution in [2.45, 2.75) is 50.9 Å². The van der Waals surface area contributed by atoms with E-state index in [0.29, 0.717) is 0 Å². The second kappa shape index (κ2) is 12.3. The third kappa shape index (κ3) is 4.72. The van der Waals surface area contributed by atoms with Gasteiger partial charge in [0.2, 0.25) is 0 Å². The van der Waals surface area contributed by atoms with Gasteiger partial charge in [0.1, 0.15) is 11.2 Å². The molecule has 9 aromatic carbocycles. The van der Waals surface area contributed by atoms with Gasteiger partial charge in [-0.25, -0.2) is 0 Å². The Morgan fingerprint density at radius 1 is 0.426 bits per heavy atom. The van der Waals surface area contributed by atoms with Gasteiger partial charge in [0, 0.05) is 38.6 Å². The highest BCUT2D eigenvalue weighted by atomic mass is 16.3. The van der Waals surface area contributed by atoms with Crippen molar-refractivity contribution in [3.8, 4) is 44.5 Å². The summed E-state index contributed by atoms with van der Waals surface area (Å²) >= 11 is 0. The largest absolute Gasteiger partial charge is 0.455 e. The molecule has 10 aromatic rings. The Bertz CT molecular complexity index is 3520. The molecule has 1 unspecified atom stereocenters. The van der Waals surface area contributed by atoms with Crippen LogP contribution in [0.15, 0.2) is 180 Å². The first-order chi connectivity index (χ1) is 29.8. The van der Waals surface area contributed by atoms with Gasteiger partial charge >= 0.3 is 0 Å². The van der Waals surface area contributed by atoms with E-state index in [2.05, 4.69) is 204 Å². The number of benzene rings is 9. The van der Waals surface area contributed by atoms with Gasteiger partial charge < -0.3 is 4.42 Å². The Kier molecular flexibility index (Phi) is 7.03. The van der Waals surface area contributed by atoms with E-state index < -0.39 is 0 Å². The molecule has 0 bridgehead atoms. The molecule has 1 aromatic heterocycles. The summed E-state index contributed by atoms with van der Waals surface area (Å²) in [7, 11) is 0. The Balaban J connectivity index is 1.07. The van der Waals surface area contributed by atoms with Crippen LogP contribution in [0.4, 0.5) is 0 Å². The van der Waals surface area contributed by atoms with E-state index in [9.17, 15) is 0 Å². The van der Waals surface area contributed by atoms with Gasteiger partial charge in [0.05, 0.1) is 0 Å². The number of hydrogen-bond donors (Lipinski definition) is 0. The summed E-state index contributed by atoms with van der Waals surface area (Å²) in [4.78, 5) is 0. The van der Waals surface area contributed by atoms with Gasteiger partial charge in [-0.3, -0.25) is 0 Å². The van der Waals surface area contributed by atoms with E-state index >= 15 is 0 Å². The fraction of sp³-hybridized carbons (Fsp3) is 0.133. The molecule has 3 aliphatic carbocycles. The molecule has 0 fully saturated rings. The molecule has 0 saturated carbocycles. The third-order valence-corrected chi connectivity index (χ3v) is 14.9. The Morgan fingerprint density at radius 2 is 1.02 bits per heavy atom. The van der Waals surface area contributed by atoms with Gasteiger partial charge in [0.25, 0.3) is 0 Å². The van der Waals surface area contributed by atoms with Crippen molar-refractivity contribution in [2.24, 2.45) is 0 Å². The molecule has 61 heavy (non-hydrogen) atoms. The zero-order valence-corrected chi connectivity index (χ0v) is 34.9. The summed E-state index contributed by atoms with van der Waals surface area (Å²) in [5.74, 6) is -0.0597. The maximum absolute atomic E-state index is 7.50. The van der Waals surface area contributed by atoms with E-state index in [1.54, 1.807) is 0 Å². The highest BCUT2D eigenvalue weighted by molar-refractivity contribution is 6.19. The van der Waals surface area contributed by atoms with Crippen LogP contribution in [0, 0.1) is 0 Å². The van der Waals surface area contributed by atoms with E-state index in [0.717, 1.165) is 33.9 Å². The minimum Gasteiger partial charge on any atom is -0.455 e. The number of hydrogen-bond acceptors (Lipinski definition) is 1. The van der Waals surface area contributed by atoms with Crippen LogP contribution < -0.4 is 0 Å². The fourth-order valence-electron chi connectivity index (χ4n) is 11.9. The van der Waals surface area contributed by atoms with Gasteiger partial charge in [0.15, 0.2) is 0 Å². The van der Waals surface area contributed by atoms with Gasteiger partial charge in [-0.1, -0.05) is 191 Å². The molecule has 3 aliphatic rings. The van der Waals surface area contributed by atoms with Crippen LogP contribution in [0.3, 0.4) is 0 Å². The molecule has 0 radical (unpaired) electrons. The number of fused-ring (bicyclic) bond motifs is 13. The van der Waals surface area contributed by atoms with E-state index in [1.807, 2.05) is 0 Å². The highest BCUT2D eigenvalue weighted by Crippen LogP contribution is 2.54. The summed E-state index contributed by atoms with van der Waals surface area (Å²) in [6.07, 6.45) is 0.921. The molecule has 0 spiro atoms. The first-order valence-electron chi connectivity index (χ1n) is 21.8. The average Bonchev–Trinajstić information content (AvgIpc) is 3.99. The van der Waals surface area contributed by atoms with Crippen molar-refractivity contribution < 1.29 is 4.42 Å². The predicted molar refractivity (Wildman–Crippen MR) is 254 cm³/mol. The summed E-state index contributed by atoms with van der Waals surface area (Å²) in [5.41, 5.74) is 24.3. The minimum absolute atomic E-state index is 0.0597. The molecule has 1 heterocycles. The van der Waals surface area contributed by atoms with Crippen LogP contribution in [-0.2, 0) is 17.3 Å². The molecule has 0 N–H and O–H groups in total. The molecule has 1 atom stereocenters. The SMILES string of the molecule is CC1(C)c2ccccc2-c2ccc(-c3c4ccccc4cc4c3oc3c(C(c5ccc6c(c5)C(C)(C)c5ccccc5-6)c5cccc6c5Cc5ccccc5-6)cccc34)cc21. The number of rotatable bonds is 4. The summed E-state index contributed by atoms with van der Waals surface area (Å²) in [6, 6.07) is 66.3. The lowest BCUT2D eigenvalue weighted by atomic mass is 9.77. The average molecular weight is 781 g/mol. The van der Waals surface area contributed by atoms with Crippen molar-refractivity contribution in [3.63, 3.8) is 0 Å². The second-order valence-electron chi connectivity index (χ2n) is 18.7. The fourth-order valence-corrected chi connectivity index (χ4v) is 11.9. The smallest absolute Gasteiger partial charge is 0.143 e. The van der Waals surface area contributed by atoms with Crippen molar-refractivity contribution in [1.82, 2.24) is 0 Å². The van der Waals surface area contributed by atoms with Crippen LogP contribution >= 0.6 is 0 Å². The standard InChI is InChI=1S/C60H44O/c1-59(2)51-25-11-9-19-42(51)44-29-27-37(33-53(44)59)55(46-22-13-21-41-39-17-7-5-15-35(39)31-49(41)46)48-24-14-23-47-50-32-36-16-6-8-18-40(36)56(58(50)61-57(47)48)38-28-30-45-43-20-10-12-26-52(43)60(3,4)54(45)34-38/h5-30,32-34,55H,31H2,1-4H3. The quantitative estimate of drug-likeness (QED) is 0.162. The molecule has 1 heteroatoms. The predicted octanol–water partition coefficient (Wildman–Crippen LogP) is 15.8. The Hall–Kier alpha value is -6.96. The molecule has 0 aliphatic heterocycles. The molecular weight excluding hydrogens is 737 g/mol. The summed E-state index contributed by atoms with van der Waals surface area (Å²) in [5, 5.41) is 4.74. The first kappa shape index (κ1) is 34.9. The van der Waals surface area contributed by atoms with Gasteiger partial charge in [-0.15, -0.1) is 0 Å². The topological polar surface area (TPSA) is 13.1 Å². The lowest BCUT2D eigenvalue weighted by Crippen LogP contribution is -2.16. The van der Waals surface area contributed by atoms with Crippen LogP contribution in [0.5, 0.6) is 0 Å². The zero-order chi connectivity index (χ0) is 40.8. The molecular formula is C60H44O. The lowest BCUT2D eigenvalue weighted by Gasteiger charge is -2.26. The minimum atomic E-state index is -0.118. The van der Waals surface area contributed by atoms with Crippen molar-refractivity contribution in [3.05, 3.63) is 226 Å². The second-order valence-corrected chi connectivity index (χ2v) is 18.7. The van der Waals surface area contributed by atoms with Crippen LogP contribution in [-0.4, -0.2) is 0 Å². The maximum Gasteiger partial charge on any atom is 0.143 e. The molecule has 0 saturated heterocycles. The van der Waals surface area contributed by atoms with E-state index in [4.69, 9.17) is 4.42 Å². The zero-order valence-electron chi connectivity index (χ0n) is 34.9. The van der Waals surface area contributed by atoms with Crippen LogP contribution in [0.2, 0.25) is 0 Å². The normalized spacial score (nSPS) is 15.3. The Morgan fingerprint density at radius 3 is 1.80 bits per heavy atom. The van der Waals surface area contributed by atoms with Crippen molar-refractivity contribution in [2.75, 3.05) is 0 Å². The van der Waals surface area contributed by atoms with Gasteiger partial charge in [-0.2, -0.15) is 0 Å². The van der Waals surface area contributed by atoms with E-state index in [-0.39, 0.29) is 16.7 Å². The summed E-state index contributed by atoms with van der Waals surface area (Å²) in [6.45, 7) is 9.51. The molecule has 290 valence electrons. The maximum atomic E-state index is 7.50. The van der Waals surface area contributed by atoms with Crippen LogP contribution in [0.1, 0.15) is 83.7 Å². The molecule has 13 rings (SSSR count). The molecule has 1 nitrogen and oxygen atoms in total. The summed E-state index contributed by atoms with van der Waals surface area (Å²) < 4.78 is 7.50. The first-order valence-corrected chi connectivity index (χ1v) is 21.8. The Labute approximate surface area is 357 Å². The van der Waals surface area contributed by atoms with E-state index in [1.165, 1.54) is 99.8 Å². The monoisotopic (exact) mass is 780 g/mol. The third-order valence-electron chi connectivity index (χ3n) is 14.9. The van der Waals surface area contributed by atoms with Gasteiger partial charge in [-0.05, 0) is 113 Å². The van der Waals surface area contributed by atoms with Crippen molar-refractivity contribution in [1.29, 1.82) is 0 Å². The highest BCUT2D eigenvalue weighted by Gasteiger charge is 2.38. The van der Waals surface area contributed by atoms with Crippen LogP contribution in [0.25, 0.3) is 77.2 Å². The lowest BCUT2D eigenvalue weighted by molar-refractivity contribution is 0.656. The number of furan rings is 1. The number of para-hydroxylation sites is 1.